The summed E-state index contributed by atoms with van der Waals surface area (Å²) in [6.07, 6.45) is -4.94. The average Bonchev–Trinajstić information content (AvgIpc) is 3.02. The lowest BCUT2D eigenvalue weighted by atomic mass is 9.83. The van der Waals surface area contributed by atoms with Crippen molar-refractivity contribution >= 4 is 11.9 Å². The molecule has 0 aromatic carbocycles. The molecule has 46 heavy (non-hydrogen) atoms. The van der Waals surface area contributed by atoms with E-state index in [2.05, 4.69) is 21.3 Å². The number of ether oxygens (including phenoxy) is 4. The van der Waals surface area contributed by atoms with Crippen LogP contribution in [0.5, 0.6) is 0 Å². The molecule has 1 saturated heterocycles. The Hall–Kier alpha value is -2.66. The van der Waals surface area contributed by atoms with Crippen LogP contribution in [0.3, 0.4) is 0 Å². The minimum Gasteiger partial charge on any atom is -0.515 e. The third kappa shape index (κ3) is 9.24. The normalized spacial score (nSPS) is 36.2. The standard InChI is InChI=1S/C27H51N9O10/c1-3-27(42,36-26(31)32)25(41)35-17-6-16(30)21(45-23-15(29)5-4-14(44-23)8-34-7-13(28)10-38)20(40)22(17)46-24-19(39)18(33-2)12(9-37)11-43-24/h4,9,13,15-24,33-34,37-40,42H,3,5-8,10-11,28-30H2,1-2H3,(H,35,41)(H4,31,32,36)/b12-9-/t13?,15-,16+,17-,18+,19-,20+,21?,22+,23-,24-,27?/m1/s1. The summed E-state index contributed by atoms with van der Waals surface area (Å²) in [6.45, 7) is 1.81. The van der Waals surface area contributed by atoms with Crippen molar-refractivity contribution in [1.29, 1.82) is 5.41 Å². The first-order valence-electron chi connectivity index (χ1n) is 15.2. The zero-order valence-electron chi connectivity index (χ0n) is 26.0. The molecule has 0 spiro atoms. The van der Waals surface area contributed by atoms with Crippen molar-refractivity contribution in [2.45, 2.75) is 99.1 Å². The number of amides is 1. The van der Waals surface area contributed by atoms with Crippen LogP contribution in [0.15, 0.2) is 23.7 Å². The van der Waals surface area contributed by atoms with Gasteiger partial charge in [0.05, 0.1) is 44.1 Å². The van der Waals surface area contributed by atoms with E-state index in [1.165, 1.54) is 6.92 Å². The summed E-state index contributed by atoms with van der Waals surface area (Å²) in [4.78, 5) is 13.2. The average molecular weight is 662 g/mol. The van der Waals surface area contributed by atoms with Gasteiger partial charge in [0.1, 0.15) is 30.2 Å². The van der Waals surface area contributed by atoms with Gasteiger partial charge in [0, 0.05) is 30.6 Å². The van der Waals surface area contributed by atoms with Crippen molar-refractivity contribution in [3.8, 4) is 0 Å². The molecule has 264 valence electrons. The Morgan fingerprint density at radius 3 is 2.52 bits per heavy atom. The maximum absolute atomic E-state index is 13.2. The number of carbonyl (C=O) groups excluding carboxylic acids is 1. The summed E-state index contributed by atoms with van der Waals surface area (Å²) in [5, 5.41) is 70.5. The fraction of sp³-hybridized carbons (Fsp3) is 0.778. The highest BCUT2D eigenvalue weighted by atomic mass is 16.7. The molecular weight excluding hydrogens is 610 g/mol. The van der Waals surface area contributed by atoms with Gasteiger partial charge >= 0.3 is 0 Å². The molecule has 3 unspecified atom stereocenters. The molecule has 19 nitrogen and oxygen atoms in total. The number of rotatable bonds is 14. The number of nitrogens with one attached hydrogen (secondary N) is 5. The third-order valence-electron chi connectivity index (χ3n) is 8.23. The molecule has 0 aromatic heterocycles. The quantitative estimate of drug-likeness (QED) is 0.0357. The largest absolute Gasteiger partial charge is 0.515 e. The fourth-order valence-electron chi connectivity index (χ4n) is 5.55. The number of likely N-dealkylation sites (N-methyl/N-ethyl adjacent to an activating group) is 1. The van der Waals surface area contributed by atoms with E-state index in [0.717, 1.165) is 6.26 Å². The first kappa shape index (κ1) is 37.8. The summed E-state index contributed by atoms with van der Waals surface area (Å²) in [6, 6.07) is -3.80. The lowest BCUT2D eigenvalue weighted by Crippen LogP contribution is -2.69. The van der Waals surface area contributed by atoms with Crippen LogP contribution in [-0.4, -0.2) is 144 Å². The van der Waals surface area contributed by atoms with E-state index < -0.39 is 84.8 Å². The highest BCUT2D eigenvalue weighted by Crippen LogP contribution is 2.31. The van der Waals surface area contributed by atoms with Gasteiger partial charge in [-0.3, -0.25) is 10.2 Å². The van der Waals surface area contributed by atoms with Gasteiger partial charge in [-0.1, -0.05) is 6.92 Å². The van der Waals surface area contributed by atoms with E-state index >= 15 is 0 Å². The van der Waals surface area contributed by atoms with Gasteiger partial charge < -0.3 is 88.7 Å². The van der Waals surface area contributed by atoms with E-state index in [1.807, 2.05) is 0 Å². The van der Waals surface area contributed by atoms with Crippen molar-refractivity contribution in [1.82, 2.24) is 21.3 Å². The summed E-state index contributed by atoms with van der Waals surface area (Å²) in [7, 11) is 1.57. The first-order chi connectivity index (χ1) is 21.8. The van der Waals surface area contributed by atoms with Crippen LogP contribution in [0.1, 0.15) is 26.2 Å². The van der Waals surface area contributed by atoms with Crippen molar-refractivity contribution < 1.29 is 49.3 Å². The van der Waals surface area contributed by atoms with E-state index in [0.29, 0.717) is 24.3 Å². The Balaban J connectivity index is 1.82. The van der Waals surface area contributed by atoms with Crippen LogP contribution in [0, 0.1) is 5.41 Å². The molecule has 18 N–H and O–H groups in total. The maximum atomic E-state index is 13.2. The summed E-state index contributed by atoms with van der Waals surface area (Å²) >= 11 is 0. The Morgan fingerprint density at radius 2 is 1.91 bits per heavy atom. The molecule has 0 aromatic rings. The fourth-order valence-corrected chi connectivity index (χ4v) is 5.55. The second-order valence-corrected chi connectivity index (χ2v) is 11.7. The highest BCUT2D eigenvalue weighted by molar-refractivity contribution is 5.89. The maximum Gasteiger partial charge on any atom is 0.273 e. The minimum atomic E-state index is -2.27. The predicted molar refractivity (Wildman–Crippen MR) is 163 cm³/mol. The molecule has 0 bridgehead atoms. The second kappa shape index (κ2) is 16.9. The van der Waals surface area contributed by atoms with Gasteiger partial charge in [-0.2, -0.15) is 0 Å². The zero-order chi connectivity index (χ0) is 34.2. The summed E-state index contributed by atoms with van der Waals surface area (Å²) < 4.78 is 23.9. The van der Waals surface area contributed by atoms with Gasteiger partial charge in [-0.15, -0.1) is 0 Å². The van der Waals surface area contributed by atoms with Gasteiger partial charge in [-0.25, -0.2) is 0 Å². The van der Waals surface area contributed by atoms with E-state index in [9.17, 15) is 25.2 Å². The first-order valence-corrected chi connectivity index (χ1v) is 15.2. The molecule has 19 heteroatoms. The van der Waals surface area contributed by atoms with E-state index in [4.69, 9.17) is 52.4 Å². The minimum absolute atomic E-state index is 0.0384. The van der Waals surface area contributed by atoms with E-state index in [1.54, 1.807) is 13.1 Å². The summed E-state index contributed by atoms with van der Waals surface area (Å²) in [5.41, 5.74) is 21.9. The molecule has 2 heterocycles. The van der Waals surface area contributed by atoms with Crippen LogP contribution in [0.2, 0.25) is 0 Å². The Labute approximate surface area is 267 Å². The molecular formula is C27H51N9O10. The van der Waals surface area contributed by atoms with Crippen molar-refractivity contribution in [3.63, 3.8) is 0 Å². The molecule has 0 radical (unpaired) electrons. The SMILES string of the molecule is CCC(O)(NC(=N)N)C(=O)N[C@@H]1C[C@H](N)C(O[C@H]2OC(CNCC(N)CO)=CC[C@H]2N)[C@H](O)[C@H]1O[C@H]1OC/C(=C/O)[C@H](NC)[C@H]1O. The molecule has 1 saturated carbocycles. The van der Waals surface area contributed by atoms with Crippen molar-refractivity contribution in [3.05, 3.63) is 23.7 Å². The van der Waals surface area contributed by atoms with Crippen molar-refractivity contribution in [2.75, 3.05) is 33.4 Å². The number of carbonyl (C=O) groups is 1. The topological polar surface area (TPSA) is 331 Å². The van der Waals surface area contributed by atoms with Crippen LogP contribution in [-0.2, 0) is 23.7 Å². The third-order valence-corrected chi connectivity index (χ3v) is 8.23. The van der Waals surface area contributed by atoms with Gasteiger partial charge in [0.2, 0.25) is 12.0 Å². The van der Waals surface area contributed by atoms with E-state index in [-0.39, 0.29) is 32.6 Å². The molecule has 2 fully saturated rings. The molecule has 1 amide bonds. The number of hydrogen-bond acceptors (Lipinski definition) is 16. The highest BCUT2D eigenvalue weighted by Gasteiger charge is 2.50. The van der Waals surface area contributed by atoms with Gasteiger partial charge in [0.15, 0.2) is 12.2 Å². The number of guanidine groups is 1. The molecule has 3 aliphatic rings. The van der Waals surface area contributed by atoms with Crippen LogP contribution >= 0.6 is 0 Å². The van der Waals surface area contributed by atoms with Gasteiger partial charge in [-0.05, 0) is 26.0 Å². The lowest BCUT2D eigenvalue weighted by Gasteiger charge is -2.47. The molecule has 3 rings (SSSR count). The Kier molecular flexibility index (Phi) is 13.9. The number of nitrogens with two attached hydrogens (primary N) is 4. The number of hydrogen-bond donors (Lipinski definition) is 14. The lowest BCUT2D eigenvalue weighted by molar-refractivity contribution is -0.275. The van der Waals surface area contributed by atoms with Crippen molar-refractivity contribution in [2.24, 2.45) is 22.9 Å². The van der Waals surface area contributed by atoms with Crippen LogP contribution in [0.4, 0.5) is 0 Å². The van der Waals surface area contributed by atoms with Crippen LogP contribution < -0.4 is 44.2 Å². The van der Waals surface area contributed by atoms with Gasteiger partial charge in [0.25, 0.3) is 5.91 Å². The summed E-state index contributed by atoms with van der Waals surface area (Å²) in [5.74, 6) is -1.10. The Morgan fingerprint density at radius 1 is 1.22 bits per heavy atom. The smallest absolute Gasteiger partial charge is 0.273 e. The number of aliphatic hydroxyl groups is 5. The predicted octanol–water partition coefficient (Wildman–Crippen LogP) is -5.47. The monoisotopic (exact) mass is 661 g/mol. The molecule has 1 aliphatic carbocycles. The number of aliphatic hydroxyl groups excluding tert-OH is 4. The zero-order valence-corrected chi connectivity index (χ0v) is 26.0. The Bertz CT molecular complexity index is 1090. The molecule has 2 aliphatic heterocycles. The molecule has 12 atom stereocenters. The second-order valence-electron chi connectivity index (χ2n) is 11.7. The van der Waals surface area contributed by atoms with Crippen LogP contribution in [0.25, 0.3) is 0 Å².